The van der Waals surface area contributed by atoms with Crippen molar-refractivity contribution in [1.82, 2.24) is 0 Å². The van der Waals surface area contributed by atoms with E-state index in [2.05, 4.69) is 13.5 Å². The molecule has 3 nitrogen and oxygen atoms in total. The first-order valence-electron chi connectivity index (χ1n) is 5.95. The summed E-state index contributed by atoms with van der Waals surface area (Å²) in [5.74, 6) is -0.962. The monoisotopic (exact) mass is 227 g/mol. The fourth-order valence-corrected chi connectivity index (χ4v) is 2.08. The highest BCUT2D eigenvalue weighted by molar-refractivity contribution is 5.75. The van der Waals surface area contributed by atoms with Gasteiger partial charge < -0.3 is 14.4 Å². The summed E-state index contributed by atoms with van der Waals surface area (Å²) in [7, 11) is 5.72. The minimum atomic E-state index is -0.962. The van der Waals surface area contributed by atoms with Gasteiger partial charge in [-0.2, -0.15) is 0 Å². The number of rotatable bonds is 8. The molecule has 0 aliphatic carbocycles. The Kier molecular flexibility index (Phi) is 5.73. The second-order valence-electron chi connectivity index (χ2n) is 5.28. The van der Waals surface area contributed by atoms with Gasteiger partial charge in [0, 0.05) is 12.8 Å². The van der Waals surface area contributed by atoms with Crippen molar-refractivity contribution >= 4 is 5.97 Å². The topological polar surface area (TPSA) is 40.1 Å². The molecule has 1 unspecified atom stereocenters. The van der Waals surface area contributed by atoms with Gasteiger partial charge in [-0.1, -0.05) is 25.8 Å². The number of carboxylic acid groups (broad SMARTS) is 1. The highest BCUT2D eigenvalue weighted by atomic mass is 16.4. The predicted molar refractivity (Wildman–Crippen MR) is 64.7 cm³/mol. The third-order valence-electron chi connectivity index (χ3n) is 3.34. The van der Waals surface area contributed by atoms with Gasteiger partial charge in [-0.3, -0.25) is 0 Å². The van der Waals surface area contributed by atoms with Crippen molar-refractivity contribution in [2.24, 2.45) is 0 Å². The molecule has 0 bridgehead atoms. The lowest BCUT2D eigenvalue weighted by Gasteiger charge is -2.46. The van der Waals surface area contributed by atoms with E-state index in [9.17, 15) is 9.90 Å². The maximum absolute atomic E-state index is 11.5. The van der Waals surface area contributed by atoms with Crippen molar-refractivity contribution in [3.05, 3.63) is 12.7 Å². The molecular weight excluding hydrogens is 202 g/mol. The number of hydrogen-bond acceptors (Lipinski definition) is 2. The van der Waals surface area contributed by atoms with Gasteiger partial charge in [0.05, 0.1) is 21.1 Å². The van der Waals surface area contributed by atoms with Gasteiger partial charge in [0.15, 0.2) is 0 Å². The van der Waals surface area contributed by atoms with Crippen LogP contribution in [0.4, 0.5) is 0 Å². The SMILES string of the molecule is C=CCC(CCCCC)(C(=O)[O-])[N+](C)(C)C. The quantitative estimate of drug-likeness (QED) is 0.357. The van der Waals surface area contributed by atoms with Crippen LogP contribution in [0.3, 0.4) is 0 Å². The van der Waals surface area contributed by atoms with E-state index in [4.69, 9.17) is 0 Å². The Bertz CT molecular complexity index is 243. The molecule has 0 radical (unpaired) electrons. The number of aliphatic carboxylic acids is 1. The second-order valence-corrected chi connectivity index (χ2v) is 5.28. The molecule has 0 spiro atoms. The van der Waals surface area contributed by atoms with Crippen LogP contribution in [-0.2, 0) is 4.79 Å². The number of carboxylic acids is 1. The molecule has 0 aromatic rings. The standard InChI is InChI=1S/C13H25NO2/c1-6-8-9-11-13(10-7-2,12(15)16)14(3,4)5/h7H,2,6,8-11H2,1,3-5H3. The Morgan fingerprint density at radius 1 is 1.38 bits per heavy atom. The largest absolute Gasteiger partial charge is 0.544 e. The van der Waals surface area contributed by atoms with E-state index in [-0.39, 0.29) is 0 Å². The predicted octanol–water partition coefficient (Wildman–Crippen LogP) is 1.34. The summed E-state index contributed by atoms with van der Waals surface area (Å²) in [6, 6.07) is 0. The van der Waals surface area contributed by atoms with E-state index < -0.39 is 11.5 Å². The van der Waals surface area contributed by atoms with Crippen molar-refractivity contribution in [2.45, 2.75) is 44.6 Å². The number of hydrogen-bond donors (Lipinski definition) is 0. The van der Waals surface area contributed by atoms with Crippen molar-refractivity contribution in [2.75, 3.05) is 21.1 Å². The van der Waals surface area contributed by atoms with Gasteiger partial charge in [0.2, 0.25) is 0 Å². The molecule has 0 heterocycles. The fraction of sp³-hybridized carbons (Fsp3) is 0.769. The third kappa shape index (κ3) is 3.34. The van der Waals surface area contributed by atoms with Crippen LogP contribution in [0, 0.1) is 0 Å². The summed E-state index contributed by atoms with van der Waals surface area (Å²) in [5, 5.41) is 11.5. The van der Waals surface area contributed by atoms with Crippen LogP contribution in [0.2, 0.25) is 0 Å². The molecule has 0 aromatic heterocycles. The molecule has 0 fully saturated rings. The Balaban J connectivity index is 4.95. The normalized spacial score (nSPS) is 15.5. The van der Waals surface area contributed by atoms with E-state index in [1.54, 1.807) is 6.08 Å². The highest BCUT2D eigenvalue weighted by Crippen LogP contribution is 2.29. The number of carbonyl (C=O) groups is 1. The molecule has 3 heteroatoms. The zero-order valence-corrected chi connectivity index (χ0v) is 11.1. The molecular formula is C13H25NO2. The van der Waals surface area contributed by atoms with Gasteiger partial charge in [-0.25, -0.2) is 0 Å². The maximum Gasteiger partial charge on any atom is 0.142 e. The average Bonchev–Trinajstić information content (AvgIpc) is 2.14. The summed E-state index contributed by atoms with van der Waals surface area (Å²) in [5.41, 5.74) is -0.836. The summed E-state index contributed by atoms with van der Waals surface area (Å²) < 4.78 is 0.380. The summed E-state index contributed by atoms with van der Waals surface area (Å²) >= 11 is 0. The summed E-state index contributed by atoms with van der Waals surface area (Å²) in [4.78, 5) is 11.5. The minimum Gasteiger partial charge on any atom is -0.544 e. The lowest BCUT2D eigenvalue weighted by molar-refractivity contribution is -0.916. The molecule has 0 aliphatic heterocycles. The molecule has 0 N–H and O–H groups in total. The zero-order valence-electron chi connectivity index (χ0n) is 11.1. The van der Waals surface area contributed by atoms with Gasteiger partial charge in [0.25, 0.3) is 0 Å². The van der Waals surface area contributed by atoms with E-state index in [1.807, 2.05) is 21.1 Å². The number of likely N-dealkylation sites (N-methyl/N-ethyl adjacent to an activating group) is 1. The number of quaternary nitrogens is 1. The van der Waals surface area contributed by atoms with Gasteiger partial charge in [-0.05, 0) is 6.42 Å². The van der Waals surface area contributed by atoms with Gasteiger partial charge in [-0.15, -0.1) is 6.58 Å². The number of nitrogens with zero attached hydrogens (tertiary/aromatic N) is 1. The van der Waals surface area contributed by atoms with Crippen LogP contribution in [0.5, 0.6) is 0 Å². The molecule has 1 atom stereocenters. The van der Waals surface area contributed by atoms with Crippen LogP contribution >= 0.6 is 0 Å². The first kappa shape index (κ1) is 15.2. The Hall–Kier alpha value is -0.830. The van der Waals surface area contributed by atoms with Crippen LogP contribution < -0.4 is 5.11 Å². The van der Waals surface area contributed by atoms with E-state index in [1.165, 1.54) is 0 Å². The van der Waals surface area contributed by atoms with Gasteiger partial charge >= 0.3 is 0 Å². The van der Waals surface area contributed by atoms with Crippen molar-refractivity contribution < 1.29 is 14.4 Å². The minimum absolute atomic E-state index is 0.380. The first-order chi connectivity index (χ1) is 7.31. The number of carbonyl (C=O) groups excluding carboxylic acids is 1. The fourth-order valence-electron chi connectivity index (χ4n) is 2.08. The lowest BCUT2D eigenvalue weighted by atomic mass is 9.85. The summed E-state index contributed by atoms with van der Waals surface area (Å²) in [6.07, 6.45) is 5.88. The molecule has 16 heavy (non-hydrogen) atoms. The second kappa shape index (κ2) is 6.04. The van der Waals surface area contributed by atoms with Crippen LogP contribution in [0.15, 0.2) is 12.7 Å². The van der Waals surface area contributed by atoms with E-state index >= 15 is 0 Å². The maximum atomic E-state index is 11.5. The van der Waals surface area contributed by atoms with Gasteiger partial charge in [0.1, 0.15) is 11.5 Å². The Morgan fingerprint density at radius 3 is 2.25 bits per heavy atom. The Labute approximate surface area is 99.4 Å². The van der Waals surface area contributed by atoms with E-state index in [0.29, 0.717) is 17.3 Å². The van der Waals surface area contributed by atoms with Crippen LogP contribution in [0.25, 0.3) is 0 Å². The molecule has 0 saturated carbocycles. The lowest BCUT2D eigenvalue weighted by Crippen LogP contribution is -2.65. The molecule has 0 rings (SSSR count). The smallest absolute Gasteiger partial charge is 0.142 e. The molecule has 0 amide bonds. The number of unbranched alkanes of at least 4 members (excludes halogenated alkanes) is 2. The third-order valence-corrected chi connectivity index (χ3v) is 3.34. The van der Waals surface area contributed by atoms with Crippen molar-refractivity contribution in [1.29, 1.82) is 0 Å². The van der Waals surface area contributed by atoms with Crippen LogP contribution in [0.1, 0.15) is 39.0 Å². The zero-order chi connectivity index (χ0) is 12.8. The average molecular weight is 227 g/mol. The molecule has 94 valence electrons. The summed E-state index contributed by atoms with van der Waals surface area (Å²) in [6.45, 7) is 5.78. The van der Waals surface area contributed by atoms with Crippen LogP contribution in [-0.4, -0.2) is 37.1 Å². The van der Waals surface area contributed by atoms with Crippen molar-refractivity contribution in [3.8, 4) is 0 Å². The molecule has 0 aliphatic rings. The van der Waals surface area contributed by atoms with E-state index in [0.717, 1.165) is 19.3 Å². The molecule has 0 saturated heterocycles. The Morgan fingerprint density at radius 2 is 1.94 bits per heavy atom. The molecule has 0 aromatic carbocycles. The van der Waals surface area contributed by atoms with Crippen molar-refractivity contribution in [3.63, 3.8) is 0 Å². The first-order valence-corrected chi connectivity index (χ1v) is 5.95. The highest BCUT2D eigenvalue weighted by Gasteiger charge is 2.42.